The van der Waals surface area contributed by atoms with Crippen molar-refractivity contribution >= 4 is 11.0 Å². The summed E-state index contributed by atoms with van der Waals surface area (Å²) in [4.78, 5) is 11.7. The van der Waals surface area contributed by atoms with Gasteiger partial charge >= 0.3 is 0 Å². The van der Waals surface area contributed by atoms with Crippen molar-refractivity contribution in [2.24, 2.45) is 0 Å². The second kappa shape index (κ2) is 3.26. The summed E-state index contributed by atoms with van der Waals surface area (Å²) in [5.74, 6) is 1.93. The van der Waals surface area contributed by atoms with Gasteiger partial charge in [0.25, 0.3) is 0 Å². The van der Waals surface area contributed by atoms with E-state index in [9.17, 15) is 4.79 Å². The fraction of sp³-hybridized carbons (Fsp3) is 0.0714. The van der Waals surface area contributed by atoms with Crippen LogP contribution in [0.25, 0.3) is 22.3 Å². The molecule has 2 heterocycles. The Balaban J connectivity index is 2.14. The Bertz CT molecular complexity index is 788. The van der Waals surface area contributed by atoms with Crippen LogP contribution in [0.4, 0.5) is 0 Å². The van der Waals surface area contributed by atoms with Gasteiger partial charge in [-0.1, -0.05) is 6.07 Å². The van der Waals surface area contributed by atoms with E-state index < -0.39 is 0 Å². The molecular weight excluding hydrogens is 232 g/mol. The quantitative estimate of drug-likeness (QED) is 0.567. The summed E-state index contributed by atoms with van der Waals surface area (Å²) in [6.45, 7) is 0.220. The van der Waals surface area contributed by atoms with E-state index in [1.54, 1.807) is 18.2 Å². The normalized spacial score (nSPS) is 13.3. The monoisotopic (exact) mass is 240 g/mol. The van der Waals surface area contributed by atoms with Crippen molar-refractivity contribution in [3.63, 3.8) is 0 Å². The molecule has 1 aliphatic carbocycles. The molecule has 0 N–H and O–H groups in total. The Kier molecular flexibility index (Phi) is 1.73. The summed E-state index contributed by atoms with van der Waals surface area (Å²) in [6.07, 6.45) is 0. The highest BCUT2D eigenvalue weighted by molar-refractivity contribution is 5.86. The summed E-state index contributed by atoms with van der Waals surface area (Å²) < 4.78 is 16.3. The maximum Gasteiger partial charge on any atom is 0.231 e. The number of hydrogen-bond donors (Lipinski definition) is 0. The third-order valence-electron chi connectivity index (χ3n) is 3.05. The van der Waals surface area contributed by atoms with Gasteiger partial charge in [-0.05, 0) is 24.3 Å². The van der Waals surface area contributed by atoms with Crippen molar-refractivity contribution < 1.29 is 13.9 Å². The van der Waals surface area contributed by atoms with Crippen molar-refractivity contribution in [3.8, 4) is 22.8 Å². The van der Waals surface area contributed by atoms with E-state index in [-0.39, 0.29) is 12.2 Å². The lowest BCUT2D eigenvalue weighted by Gasteiger charge is -2.06. The lowest BCUT2D eigenvalue weighted by atomic mass is 10.1. The molecule has 0 bridgehead atoms. The van der Waals surface area contributed by atoms with E-state index in [0.29, 0.717) is 28.4 Å². The molecule has 0 saturated carbocycles. The van der Waals surface area contributed by atoms with Crippen LogP contribution in [0, 0.1) is 0 Å². The smallest absolute Gasteiger partial charge is 0.231 e. The molecule has 4 heteroatoms. The highest BCUT2D eigenvalue weighted by atomic mass is 16.7. The van der Waals surface area contributed by atoms with Crippen LogP contribution in [0.2, 0.25) is 0 Å². The summed E-state index contributed by atoms with van der Waals surface area (Å²) in [6, 6.07) is 10.4. The van der Waals surface area contributed by atoms with Crippen molar-refractivity contribution in [3.05, 3.63) is 46.6 Å². The molecule has 3 aliphatic rings. The van der Waals surface area contributed by atoms with Crippen molar-refractivity contribution in [1.29, 1.82) is 0 Å². The van der Waals surface area contributed by atoms with E-state index >= 15 is 0 Å². The molecule has 0 fully saturated rings. The largest absolute Gasteiger partial charge is 0.456 e. The van der Waals surface area contributed by atoms with E-state index in [1.165, 1.54) is 6.07 Å². The van der Waals surface area contributed by atoms with Gasteiger partial charge in [-0.25, -0.2) is 0 Å². The molecule has 4 rings (SSSR count). The molecule has 0 unspecified atom stereocenters. The highest BCUT2D eigenvalue weighted by Gasteiger charge is 2.17. The molecule has 0 saturated heterocycles. The maximum atomic E-state index is 11.7. The van der Waals surface area contributed by atoms with Crippen LogP contribution in [-0.4, -0.2) is 6.79 Å². The van der Waals surface area contributed by atoms with Gasteiger partial charge in [0, 0.05) is 11.5 Å². The first kappa shape index (κ1) is 9.53. The predicted molar refractivity (Wildman–Crippen MR) is 65.2 cm³/mol. The average molecular weight is 240 g/mol. The van der Waals surface area contributed by atoms with Gasteiger partial charge in [-0.15, -0.1) is 0 Å². The summed E-state index contributed by atoms with van der Waals surface area (Å²) in [7, 11) is 0. The van der Waals surface area contributed by atoms with Gasteiger partial charge in [-0.3, -0.25) is 4.79 Å². The molecule has 1 aromatic carbocycles. The van der Waals surface area contributed by atoms with Crippen LogP contribution in [0.3, 0.4) is 0 Å². The first-order chi connectivity index (χ1) is 8.81. The first-order valence-electron chi connectivity index (χ1n) is 5.57. The minimum atomic E-state index is -0.0455. The first-order valence-corrected chi connectivity index (χ1v) is 5.57. The number of ether oxygens (including phenoxy) is 2. The van der Waals surface area contributed by atoms with Crippen LogP contribution in [-0.2, 0) is 0 Å². The molecule has 2 aliphatic heterocycles. The maximum absolute atomic E-state index is 11.7. The van der Waals surface area contributed by atoms with E-state index in [4.69, 9.17) is 13.9 Å². The summed E-state index contributed by atoms with van der Waals surface area (Å²) >= 11 is 0. The van der Waals surface area contributed by atoms with Gasteiger partial charge < -0.3 is 13.9 Å². The standard InChI is InChI=1S/C14H8O4/c15-10-2-1-3-11-9(10)4-8-5-13-14(17-7-16-13)6-12(8)18-11/h1-6H,7H2. The number of fused-ring (bicyclic) bond motifs is 3. The Morgan fingerprint density at radius 3 is 2.72 bits per heavy atom. The summed E-state index contributed by atoms with van der Waals surface area (Å²) in [5.41, 5.74) is 1.21. The minimum absolute atomic E-state index is 0.0455. The molecule has 0 radical (unpaired) electrons. The Labute approximate surface area is 102 Å². The molecule has 0 spiro atoms. The molecule has 0 atom stereocenters. The number of hydrogen-bond acceptors (Lipinski definition) is 4. The Morgan fingerprint density at radius 2 is 1.83 bits per heavy atom. The van der Waals surface area contributed by atoms with Crippen LogP contribution < -0.4 is 14.9 Å². The van der Waals surface area contributed by atoms with Gasteiger partial charge in [-0.2, -0.15) is 0 Å². The molecule has 4 nitrogen and oxygen atoms in total. The van der Waals surface area contributed by atoms with E-state index in [2.05, 4.69) is 0 Å². The van der Waals surface area contributed by atoms with Crippen molar-refractivity contribution in [2.45, 2.75) is 0 Å². The van der Waals surface area contributed by atoms with Crippen molar-refractivity contribution in [1.82, 2.24) is 0 Å². The van der Waals surface area contributed by atoms with Crippen LogP contribution in [0.15, 0.2) is 45.6 Å². The summed E-state index contributed by atoms with van der Waals surface area (Å²) in [5, 5.41) is 0.829. The Morgan fingerprint density at radius 1 is 1.00 bits per heavy atom. The van der Waals surface area contributed by atoms with Gasteiger partial charge in [0.1, 0.15) is 11.3 Å². The molecule has 88 valence electrons. The second-order valence-electron chi connectivity index (χ2n) is 4.16. The van der Waals surface area contributed by atoms with Crippen molar-refractivity contribution in [2.75, 3.05) is 6.79 Å². The van der Waals surface area contributed by atoms with Crippen LogP contribution in [0.1, 0.15) is 0 Å². The average Bonchev–Trinajstić information content (AvgIpc) is 2.81. The number of rotatable bonds is 0. The highest BCUT2D eigenvalue weighted by Crippen LogP contribution is 2.37. The topological polar surface area (TPSA) is 48.7 Å². The molecule has 1 aromatic rings. The van der Waals surface area contributed by atoms with Gasteiger partial charge in [0.2, 0.25) is 6.79 Å². The van der Waals surface area contributed by atoms with E-state index in [1.807, 2.05) is 12.1 Å². The second-order valence-corrected chi connectivity index (χ2v) is 4.16. The molecular formula is C14H8O4. The zero-order valence-corrected chi connectivity index (χ0v) is 9.30. The predicted octanol–water partition coefficient (Wildman–Crippen LogP) is 2.63. The zero-order valence-electron chi connectivity index (χ0n) is 9.30. The van der Waals surface area contributed by atoms with Crippen LogP contribution >= 0.6 is 0 Å². The lowest BCUT2D eigenvalue weighted by molar-refractivity contribution is 0.174. The minimum Gasteiger partial charge on any atom is -0.456 e. The van der Waals surface area contributed by atoms with Crippen LogP contribution in [0.5, 0.6) is 11.5 Å². The SMILES string of the molecule is O=c1cccc2oc3cc4c(cc3cc1-2)OCO4. The lowest BCUT2D eigenvalue weighted by Crippen LogP contribution is -2.02. The van der Waals surface area contributed by atoms with Gasteiger partial charge in [0.15, 0.2) is 16.9 Å². The fourth-order valence-corrected chi connectivity index (χ4v) is 2.17. The molecule has 0 aromatic heterocycles. The molecule has 0 amide bonds. The third kappa shape index (κ3) is 1.23. The number of benzene rings is 2. The Hall–Kier alpha value is -2.49. The van der Waals surface area contributed by atoms with E-state index in [0.717, 1.165) is 5.39 Å². The zero-order chi connectivity index (χ0) is 12.1. The van der Waals surface area contributed by atoms with Gasteiger partial charge in [0.05, 0.1) is 5.56 Å². The molecule has 18 heavy (non-hydrogen) atoms. The third-order valence-corrected chi connectivity index (χ3v) is 3.05. The fourth-order valence-electron chi connectivity index (χ4n) is 2.17.